The second kappa shape index (κ2) is 13.2. The Hall–Kier alpha value is -4.25. The fourth-order valence-electron chi connectivity index (χ4n) is 4.26. The lowest BCUT2D eigenvalue weighted by molar-refractivity contribution is -0.688. The molecule has 42 heavy (non-hydrogen) atoms. The molecule has 1 atom stereocenters. The molecular weight excluding hydrogens is 565 g/mol. The molecule has 4 aromatic rings. The van der Waals surface area contributed by atoms with Crippen LogP contribution in [0.15, 0.2) is 97.3 Å². The summed E-state index contributed by atoms with van der Waals surface area (Å²) >= 11 is 0. The second-order valence-corrected chi connectivity index (χ2v) is 9.63. The van der Waals surface area contributed by atoms with E-state index in [-0.39, 0.29) is 24.8 Å². The molecule has 1 N–H and O–H groups in total. The maximum Gasteiger partial charge on any atom is 0.416 e. The zero-order valence-electron chi connectivity index (χ0n) is 22.1. The third-order valence-corrected chi connectivity index (χ3v) is 6.45. The van der Waals surface area contributed by atoms with Crippen LogP contribution in [0.4, 0.5) is 30.7 Å². The van der Waals surface area contributed by atoms with Crippen LogP contribution in [0, 0.1) is 5.82 Å². The minimum Gasteiger partial charge on any atom is -0.376 e. The van der Waals surface area contributed by atoms with Gasteiger partial charge in [0.1, 0.15) is 5.82 Å². The summed E-state index contributed by atoms with van der Waals surface area (Å²) in [6.07, 6.45) is -6.44. The molecule has 3 aromatic carbocycles. The van der Waals surface area contributed by atoms with Gasteiger partial charge in [0.25, 0.3) is 5.91 Å². The summed E-state index contributed by atoms with van der Waals surface area (Å²) in [6.45, 7) is -0.0864. The summed E-state index contributed by atoms with van der Waals surface area (Å²) in [5.74, 6) is -1.48. The third-order valence-electron chi connectivity index (χ3n) is 6.45. The highest BCUT2D eigenvalue weighted by Gasteiger charge is 2.36. The standard InChI is InChI=1S/C31H25F7N2O2/c32-28-8-6-23(7-9-28)25(20-42-19-22-14-26(30(33,34)35)16-27(15-22)31(36,37)38)17-39-29(41)24-10-12-40(13-11-24)18-21-4-2-1-3-5-21/h1-16,25H,17-20H2/p+1. The van der Waals surface area contributed by atoms with Crippen LogP contribution in [-0.4, -0.2) is 19.1 Å². The van der Waals surface area contributed by atoms with Crippen molar-refractivity contribution in [1.29, 1.82) is 0 Å². The molecule has 1 unspecified atom stereocenters. The molecule has 0 spiro atoms. The van der Waals surface area contributed by atoms with E-state index >= 15 is 0 Å². The number of benzene rings is 3. The first-order chi connectivity index (χ1) is 19.9. The van der Waals surface area contributed by atoms with Crippen LogP contribution in [0.5, 0.6) is 0 Å². The molecule has 0 radical (unpaired) electrons. The summed E-state index contributed by atoms with van der Waals surface area (Å²) in [4.78, 5) is 12.8. The zero-order valence-corrected chi connectivity index (χ0v) is 22.1. The molecule has 220 valence electrons. The number of hydrogen-bond donors (Lipinski definition) is 1. The molecular formula is C31H26F7N2O2+. The fourth-order valence-corrected chi connectivity index (χ4v) is 4.26. The molecule has 0 aliphatic rings. The van der Waals surface area contributed by atoms with Crippen molar-refractivity contribution in [3.8, 4) is 0 Å². The minimum atomic E-state index is -4.98. The average Bonchev–Trinajstić information content (AvgIpc) is 2.95. The van der Waals surface area contributed by atoms with Gasteiger partial charge in [-0.2, -0.15) is 26.3 Å². The van der Waals surface area contributed by atoms with E-state index in [1.165, 1.54) is 24.3 Å². The van der Waals surface area contributed by atoms with Crippen LogP contribution >= 0.6 is 0 Å². The Labute approximate surface area is 237 Å². The van der Waals surface area contributed by atoms with Gasteiger partial charge in [0.2, 0.25) is 0 Å². The largest absolute Gasteiger partial charge is 0.416 e. The van der Waals surface area contributed by atoms with E-state index in [0.717, 1.165) is 5.56 Å². The Kier molecular flexibility index (Phi) is 9.62. The van der Waals surface area contributed by atoms with E-state index in [0.29, 0.717) is 29.8 Å². The van der Waals surface area contributed by atoms with Gasteiger partial charge < -0.3 is 10.1 Å². The van der Waals surface area contributed by atoms with E-state index in [9.17, 15) is 35.5 Å². The van der Waals surface area contributed by atoms with Crippen LogP contribution in [0.25, 0.3) is 0 Å². The normalized spacial score (nSPS) is 12.6. The first-order valence-corrected chi connectivity index (χ1v) is 12.8. The average molecular weight is 592 g/mol. The van der Waals surface area contributed by atoms with Crippen LogP contribution in [0.2, 0.25) is 0 Å². The number of pyridine rings is 1. The number of ether oxygens (including phenoxy) is 1. The summed E-state index contributed by atoms with van der Waals surface area (Å²) in [5, 5.41) is 2.77. The van der Waals surface area contributed by atoms with Gasteiger partial charge in [-0.3, -0.25) is 4.79 Å². The van der Waals surface area contributed by atoms with Crippen molar-refractivity contribution < 1.29 is 44.8 Å². The highest BCUT2D eigenvalue weighted by molar-refractivity contribution is 5.93. The first-order valence-electron chi connectivity index (χ1n) is 12.8. The molecule has 1 heterocycles. The Balaban J connectivity index is 1.42. The molecule has 1 aromatic heterocycles. The van der Waals surface area contributed by atoms with Crippen molar-refractivity contribution in [3.05, 3.63) is 137 Å². The van der Waals surface area contributed by atoms with Gasteiger partial charge >= 0.3 is 12.4 Å². The molecule has 0 aliphatic heterocycles. The van der Waals surface area contributed by atoms with Gasteiger partial charge in [-0.15, -0.1) is 0 Å². The van der Waals surface area contributed by atoms with Crippen molar-refractivity contribution in [2.45, 2.75) is 31.4 Å². The number of carbonyl (C=O) groups excluding carboxylic acids is 1. The predicted molar refractivity (Wildman–Crippen MR) is 140 cm³/mol. The lowest BCUT2D eigenvalue weighted by Crippen LogP contribution is -2.35. The molecule has 4 nitrogen and oxygen atoms in total. The zero-order chi connectivity index (χ0) is 30.3. The van der Waals surface area contributed by atoms with Crippen molar-refractivity contribution in [1.82, 2.24) is 5.32 Å². The maximum atomic E-state index is 13.5. The number of alkyl halides is 6. The van der Waals surface area contributed by atoms with Gasteiger partial charge in [-0.25, -0.2) is 8.96 Å². The topological polar surface area (TPSA) is 42.2 Å². The van der Waals surface area contributed by atoms with Gasteiger partial charge in [-0.05, 0) is 41.5 Å². The molecule has 0 saturated carbocycles. The molecule has 4 rings (SSSR count). The molecule has 0 bridgehead atoms. The van der Waals surface area contributed by atoms with E-state index in [4.69, 9.17) is 4.74 Å². The third kappa shape index (κ3) is 8.62. The fraction of sp³-hybridized carbons (Fsp3) is 0.226. The number of hydrogen-bond acceptors (Lipinski definition) is 2. The second-order valence-electron chi connectivity index (χ2n) is 9.63. The Morgan fingerprint density at radius 3 is 1.95 bits per heavy atom. The Bertz CT molecular complexity index is 1440. The number of amides is 1. The van der Waals surface area contributed by atoms with Gasteiger partial charge in [0.05, 0.1) is 29.9 Å². The molecule has 11 heteroatoms. The van der Waals surface area contributed by atoms with Crippen LogP contribution in [-0.2, 0) is 30.2 Å². The Morgan fingerprint density at radius 1 is 0.786 bits per heavy atom. The van der Waals surface area contributed by atoms with Gasteiger partial charge in [0.15, 0.2) is 18.9 Å². The van der Waals surface area contributed by atoms with Crippen molar-refractivity contribution in [2.24, 2.45) is 0 Å². The number of carbonyl (C=O) groups is 1. The first kappa shape index (κ1) is 30.7. The number of aromatic nitrogens is 1. The lowest BCUT2D eigenvalue weighted by Gasteiger charge is -2.19. The SMILES string of the molecule is O=C(NCC(COCc1cc(C(F)(F)F)cc(C(F)(F)F)c1)c1ccc(F)cc1)c1cc[n+](Cc2ccccc2)cc1. The lowest BCUT2D eigenvalue weighted by atomic mass is 9.99. The Morgan fingerprint density at radius 2 is 1.38 bits per heavy atom. The highest BCUT2D eigenvalue weighted by Crippen LogP contribution is 2.36. The van der Waals surface area contributed by atoms with Crippen LogP contribution in [0.3, 0.4) is 0 Å². The molecule has 0 fully saturated rings. The molecule has 1 amide bonds. The number of nitrogens with zero attached hydrogens (tertiary/aromatic N) is 1. The van der Waals surface area contributed by atoms with Crippen LogP contribution in [0.1, 0.15) is 44.1 Å². The van der Waals surface area contributed by atoms with E-state index in [1.54, 1.807) is 24.5 Å². The van der Waals surface area contributed by atoms with Crippen molar-refractivity contribution >= 4 is 5.91 Å². The quantitative estimate of drug-likeness (QED) is 0.161. The van der Waals surface area contributed by atoms with Gasteiger partial charge in [0, 0.05) is 30.2 Å². The van der Waals surface area contributed by atoms with Gasteiger partial charge in [-0.1, -0.05) is 42.5 Å². The van der Waals surface area contributed by atoms with E-state index < -0.39 is 47.7 Å². The highest BCUT2D eigenvalue weighted by atomic mass is 19.4. The van der Waals surface area contributed by atoms with Crippen LogP contribution < -0.4 is 9.88 Å². The monoisotopic (exact) mass is 591 g/mol. The van der Waals surface area contributed by atoms with E-state index in [2.05, 4.69) is 5.32 Å². The number of nitrogens with one attached hydrogen (secondary N) is 1. The summed E-state index contributed by atoms with van der Waals surface area (Å²) in [7, 11) is 0. The molecule has 0 aliphatic carbocycles. The summed E-state index contributed by atoms with van der Waals surface area (Å²) in [6, 6.07) is 19.6. The summed E-state index contributed by atoms with van der Waals surface area (Å²) < 4.78 is 100. The number of halogens is 7. The minimum absolute atomic E-state index is 0.0137. The molecule has 0 saturated heterocycles. The van der Waals surface area contributed by atoms with E-state index in [1.807, 2.05) is 34.9 Å². The van der Waals surface area contributed by atoms with Crippen molar-refractivity contribution in [3.63, 3.8) is 0 Å². The predicted octanol–water partition coefficient (Wildman–Crippen LogP) is 6.93. The smallest absolute Gasteiger partial charge is 0.376 e. The summed E-state index contributed by atoms with van der Waals surface area (Å²) in [5.41, 5.74) is -1.17. The number of rotatable bonds is 10. The van der Waals surface area contributed by atoms with Crippen molar-refractivity contribution in [2.75, 3.05) is 13.2 Å². The maximum absolute atomic E-state index is 13.5.